The van der Waals surface area contributed by atoms with Crippen molar-refractivity contribution in [3.05, 3.63) is 35.4 Å². The van der Waals surface area contributed by atoms with Crippen LogP contribution in [0, 0.1) is 17.3 Å². The fraction of sp³-hybridized carbons (Fsp3) is 0.333. The molecule has 1 aromatic rings. The van der Waals surface area contributed by atoms with Gasteiger partial charge < -0.3 is 15.8 Å². The highest BCUT2D eigenvalue weighted by Crippen LogP contribution is 2.06. The molecule has 0 saturated carbocycles. The summed E-state index contributed by atoms with van der Waals surface area (Å²) in [5.41, 5.74) is 6.17. The smallest absolute Gasteiger partial charge is 0.408 e. The summed E-state index contributed by atoms with van der Waals surface area (Å²) in [4.78, 5) is 11.4. The van der Waals surface area contributed by atoms with E-state index in [-0.39, 0.29) is 12.4 Å². The van der Waals surface area contributed by atoms with Gasteiger partial charge in [-0.15, -0.1) is 0 Å². The molecule has 4 N–H and O–H groups in total. The molecule has 0 heterocycles. The summed E-state index contributed by atoms with van der Waals surface area (Å²) >= 11 is 0. The molecule has 0 spiro atoms. The van der Waals surface area contributed by atoms with E-state index in [0.717, 1.165) is 0 Å². The fourth-order valence-electron chi connectivity index (χ4n) is 1.40. The standard InChI is InChI=1S/C15H19N3O2/c1-15(2,3)20-14(19)18-10-6-8-11-7-4-5-9-12(11)13(16)17/h4-5,7,9H,10H2,1-3H3,(H3,16,17)(H,18,19). The van der Waals surface area contributed by atoms with Crippen LogP contribution in [-0.2, 0) is 4.74 Å². The van der Waals surface area contributed by atoms with Crippen molar-refractivity contribution in [3.8, 4) is 11.8 Å². The average Bonchev–Trinajstić information content (AvgIpc) is 2.33. The summed E-state index contributed by atoms with van der Waals surface area (Å²) in [5, 5.41) is 9.98. The minimum absolute atomic E-state index is 0.0324. The molecule has 0 aliphatic carbocycles. The summed E-state index contributed by atoms with van der Waals surface area (Å²) < 4.78 is 5.08. The van der Waals surface area contributed by atoms with Crippen molar-refractivity contribution >= 4 is 11.9 Å². The van der Waals surface area contributed by atoms with E-state index in [1.54, 1.807) is 39.0 Å². The van der Waals surface area contributed by atoms with E-state index in [1.807, 2.05) is 6.07 Å². The largest absolute Gasteiger partial charge is 0.444 e. The van der Waals surface area contributed by atoms with Gasteiger partial charge in [0.15, 0.2) is 0 Å². The maximum absolute atomic E-state index is 11.4. The number of alkyl carbamates (subject to hydrolysis) is 1. The maximum Gasteiger partial charge on any atom is 0.408 e. The lowest BCUT2D eigenvalue weighted by atomic mass is 10.1. The Kier molecular flexibility index (Phi) is 5.15. The molecule has 0 fully saturated rings. The van der Waals surface area contributed by atoms with E-state index in [2.05, 4.69) is 17.2 Å². The van der Waals surface area contributed by atoms with Gasteiger partial charge in [0.05, 0.1) is 6.54 Å². The van der Waals surface area contributed by atoms with Crippen LogP contribution in [0.3, 0.4) is 0 Å². The molecule has 1 aromatic carbocycles. The average molecular weight is 273 g/mol. The van der Waals surface area contributed by atoms with Crippen molar-refractivity contribution in [2.24, 2.45) is 5.73 Å². The lowest BCUT2D eigenvalue weighted by molar-refractivity contribution is 0.0535. The molecule has 0 saturated heterocycles. The molecule has 106 valence electrons. The van der Waals surface area contributed by atoms with Gasteiger partial charge in [-0.3, -0.25) is 5.41 Å². The minimum Gasteiger partial charge on any atom is -0.444 e. The molecule has 1 amide bonds. The first-order valence-corrected chi connectivity index (χ1v) is 6.19. The molecule has 1 rings (SSSR count). The number of carbonyl (C=O) groups excluding carboxylic acids is 1. The summed E-state index contributed by atoms with van der Waals surface area (Å²) in [6.45, 7) is 5.55. The molecule has 0 aliphatic rings. The van der Waals surface area contributed by atoms with Crippen molar-refractivity contribution in [2.45, 2.75) is 26.4 Å². The number of hydrogen-bond donors (Lipinski definition) is 3. The Labute approximate surface area is 119 Å². The van der Waals surface area contributed by atoms with E-state index < -0.39 is 11.7 Å². The third-order valence-electron chi connectivity index (χ3n) is 2.16. The Balaban J connectivity index is 2.60. The summed E-state index contributed by atoms with van der Waals surface area (Å²) in [5.74, 6) is 5.64. The van der Waals surface area contributed by atoms with Crippen LogP contribution >= 0.6 is 0 Å². The number of nitrogens with two attached hydrogens (primary N) is 1. The number of amidine groups is 1. The highest BCUT2D eigenvalue weighted by atomic mass is 16.6. The van der Waals surface area contributed by atoms with Gasteiger partial charge in [0.25, 0.3) is 0 Å². The Morgan fingerprint density at radius 1 is 1.40 bits per heavy atom. The lowest BCUT2D eigenvalue weighted by Gasteiger charge is -2.19. The van der Waals surface area contributed by atoms with Crippen molar-refractivity contribution in [2.75, 3.05) is 6.54 Å². The monoisotopic (exact) mass is 273 g/mol. The van der Waals surface area contributed by atoms with Gasteiger partial charge in [0, 0.05) is 11.1 Å². The topological polar surface area (TPSA) is 88.2 Å². The van der Waals surface area contributed by atoms with Gasteiger partial charge >= 0.3 is 6.09 Å². The lowest BCUT2D eigenvalue weighted by Crippen LogP contribution is -2.32. The van der Waals surface area contributed by atoms with Gasteiger partial charge in [-0.1, -0.05) is 30.0 Å². The number of amides is 1. The zero-order valence-electron chi connectivity index (χ0n) is 11.9. The van der Waals surface area contributed by atoms with Gasteiger partial charge in [0.1, 0.15) is 11.4 Å². The van der Waals surface area contributed by atoms with Gasteiger partial charge in [0.2, 0.25) is 0 Å². The zero-order valence-corrected chi connectivity index (χ0v) is 11.9. The van der Waals surface area contributed by atoms with Gasteiger partial charge in [-0.2, -0.15) is 0 Å². The number of benzene rings is 1. The highest BCUT2D eigenvalue weighted by molar-refractivity contribution is 5.97. The minimum atomic E-state index is -0.529. The number of carbonyl (C=O) groups is 1. The molecular formula is C15H19N3O2. The van der Waals surface area contributed by atoms with E-state index >= 15 is 0 Å². The third-order valence-corrected chi connectivity index (χ3v) is 2.16. The van der Waals surface area contributed by atoms with Crippen LogP contribution in [0.1, 0.15) is 31.9 Å². The van der Waals surface area contributed by atoms with E-state index in [4.69, 9.17) is 15.9 Å². The summed E-state index contributed by atoms with van der Waals surface area (Å²) in [6.07, 6.45) is -0.508. The van der Waals surface area contributed by atoms with E-state index in [9.17, 15) is 4.79 Å². The molecular weight excluding hydrogens is 254 g/mol. The quantitative estimate of drug-likeness (QED) is 0.436. The number of nitrogen functional groups attached to an aromatic ring is 1. The molecule has 5 heteroatoms. The first kappa shape index (κ1) is 15.6. The van der Waals surface area contributed by atoms with Crippen LogP contribution in [0.2, 0.25) is 0 Å². The number of hydrogen-bond acceptors (Lipinski definition) is 3. The summed E-state index contributed by atoms with van der Waals surface area (Å²) in [6, 6.07) is 7.11. The highest BCUT2D eigenvalue weighted by Gasteiger charge is 2.14. The molecule has 0 atom stereocenters. The molecule has 0 aliphatic heterocycles. The van der Waals surface area contributed by atoms with Crippen LogP contribution in [0.25, 0.3) is 0 Å². The van der Waals surface area contributed by atoms with Crippen molar-refractivity contribution in [1.29, 1.82) is 5.41 Å². The SMILES string of the molecule is CC(C)(C)OC(=O)NCC#Cc1ccccc1C(=N)N. The Morgan fingerprint density at radius 3 is 2.65 bits per heavy atom. The van der Waals surface area contributed by atoms with Crippen LogP contribution in [0.4, 0.5) is 4.79 Å². The van der Waals surface area contributed by atoms with Crippen molar-refractivity contribution in [3.63, 3.8) is 0 Å². The second-order valence-electron chi connectivity index (χ2n) is 5.12. The van der Waals surface area contributed by atoms with Crippen LogP contribution in [0.15, 0.2) is 24.3 Å². The Bertz CT molecular complexity index is 562. The van der Waals surface area contributed by atoms with Crippen LogP contribution in [0.5, 0.6) is 0 Å². The van der Waals surface area contributed by atoms with Gasteiger partial charge in [-0.05, 0) is 26.8 Å². The van der Waals surface area contributed by atoms with Crippen LogP contribution < -0.4 is 11.1 Å². The Morgan fingerprint density at radius 2 is 2.05 bits per heavy atom. The first-order chi connectivity index (χ1) is 9.29. The predicted octanol–water partition coefficient (Wildman–Crippen LogP) is 1.85. The molecule has 5 nitrogen and oxygen atoms in total. The van der Waals surface area contributed by atoms with Crippen molar-refractivity contribution in [1.82, 2.24) is 5.32 Å². The first-order valence-electron chi connectivity index (χ1n) is 6.19. The second kappa shape index (κ2) is 6.62. The molecule has 0 bridgehead atoms. The molecule has 20 heavy (non-hydrogen) atoms. The number of ether oxygens (including phenoxy) is 1. The normalized spacial score (nSPS) is 10.2. The summed E-state index contributed by atoms with van der Waals surface area (Å²) in [7, 11) is 0. The third kappa shape index (κ3) is 5.44. The molecule has 0 aromatic heterocycles. The molecule has 0 radical (unpaired) electrons. The van der Waals surface area contributed by atoms with Crippen molar-refractivity contribution < 1.29 is 9.53 Å². The van der Waals surface area contributed by atoms with Crippen LogP contribution in [-0.4, -0.2) is 24.1 Å². The maximum atomic E-state index is 11.4. The van der Waals surface area contributed by atoms with Gasteiger partial charge in [-0.25, -0.2) is 4.79 Å². The zero-order chi connectivity index (χ0) is 15.2. The Hall–Kier alpha value is -2.48. The number of rotatable bonds is 2. The number of nitrogens with one attached hydrogen (secondary N) is 2. The molecule has 0 unspecified atom stereocenters. The van der Waals surface area contributed by atoms with E-state index in [1.165, 1.54) is 0 Å². The second-order valence-corrected chi connectivity index (χ2v) is 5.12. The predicted molar refractivity (Wildman–Crippen MR) is 78.6 cm³/mol. The van der Waals surface area contributed by atoms with E-state index in [0.29, 0.717) is 11.1 Å². The fourth-order valence-corrected chi connectivity index (χ4v) is 1.40.